The molecule has 1 N–H and O–H groups in total. The Kier molecular flexibility index (Phi) is 7.23. The number of nitrogens with one attached hydrogen (secondary N) is 1. The average molecular weight is 456 g/mol. The Balaban J connectivity index is 1.94. The Morgan fingerprint density at radius 2 is 2.00 bits per heavy atom. The van der Waals surface area contributed by atoms with Crippen molar-refractivity contribution in [3.63, 3.8) is 0 Å². The molecule has 1 fully saturated rings. The van der Waals surface area contributed by atoms with Crippen LogP contribution in [0.3, 0.4) is 0 Å². The molecule has 0 saturated carbocycles. The van der Waals surface area contributed by atoms with Gasteiger partial charge < -0.3 is 24.3 Å². The number of esters is 2. The van der Waals surface area contributed by atoms with Crippen LogP contribution in [0.1, 0.15) is 33.4 Å². The third-order valence-electron chi connectivity index (χ3n) is 4.51. The first-order valence-electron chi connectivity index (χ1n) is 9.52. The van der Waals surface area contributed by atoms with Gasteiger partial charge in [0.05, 0.1) is 19.0 Å². The van der Waals surface area contributed by atoms with E-state index >= 15 is 0 Å². The number of nitrogens with zero attached hydrogens (tertiary/aromatic N) is 4. The molecular weight excluding hydrogens is 434 g/mol. The molecule has 0 unspecified atom stereocenters. The molecule has 3 heterocycles. The van der Waals surface area contributed by atoms with Gasteiger partial charge in [0.1, 0.15) is 30.8 Å². The lowest BCUT2D eigenvalue weighted by Gasteiger charge is -2.41. The molecule has 1 amide bonds. The minimum absolute atomic E-state index is 0.162. The van der Waals surface area contributed by atoms with E-state index < -0.39 is 42.5 Å². The molecule has 1 saturated heterocycles. The van der Waals surface area contributed by atoms with E-state index in [1.165, 1.54) is 26.5 Å². The highest BCUT2D eigenvalue weighted by atomic mass is 35.5. The molecule has 13 heteroatoms. The Labute approximate surface area is 182 Å². The first kappa shape index (κ1) is 22.7. The van der Waals surface area contributed by atoms with Crippen molar-refractivity contribution in [3.05, 3.63) is 17.8 Å². The smallest absolute Gasteiger partial charge is 0.407 e. The van der Waals surface area contributed by atoms with Crippen molar-refractivity contribution in [2.45, 2.75) is 51.7 Å². The van der Waals surface area contributed by atoms with E-state index in [9.17, 15) is 14.4 Å². The van der Waals surface area contributed by atoms with Gasteiger partial charge in [-0.3, -0.25) is 14.2 Å². The van der Waals surface area contributed by atoms with Gasteiger partial charge in [0.15, 0.2) is 16.9 Å². The molecule has 31 heavy (non-hydrogen) atoms. The lowest BCUT2D eigenvalue weighted by molar-refractivity contribution is -0.198. The number of ether oxygens (including phenoxy) is 4. The van der Waals surface area contributed by atoms with E-state index in [0.717, 1.165) is 0 Å². The zero-order chi connectivity index (χ0) is 22.5. The third kappa shape index (κ3) is 5.39. The van der Waals surface area contributed by atoms with Crippen LogP contribution in [0, 0.1) is 0 Å². The summed E-state index contributed by atoms with van der Waals surface area (Å²) in [6.45, 7) is 4.11. The van der Waals surface area contributed by atoms with E-state index in [-0.39, 0.29) is 24.8 Å². The molecule has 1 aliphatic rings. The molecule has 4 atom stereocenters. The number of carbonyl (C=O) groups excluding carboxylic acids is 3. The highest BCUT2D eigenvalue weighted by molar-refractivity contribution is 6.33. The summed E-state index contributed by atoms with van der Waals surface area (Å²) in [5, 5.41) is 2.87. The summed E-state index contributed by atoms with van der Waals surface area (Å²) in [6.07, 6.45) is -0.239. The maximum absolute atomic E-state index is 12.1. The predicted octanol–water partition coefficient (Wildman–Crippen LogP) is 1.38. The summed E-state index contributed by atoms with van der Waals surface area (Å²) in [5.74, 6) is -1.11. The second-order valence-electron chi connectivity index (χ2n) is 6.70. The Hall–Kier alpha value is -2.99. The van der Waals surface area contributed by atoms with Crippen LogP contribution in [0.2, 0.25) is 5.15 Å². The lowest BCUT2D eigenvalue weighted by atomic mass is 9.97. The molecule has 0 radical (unpaired) electrons. The van der Waals surface area contributed by atoms with Crippen LogP contribution >= 0.6 is 11.6 Å². The third-order valence-corrected chi connectivity index (χ3v) is 4.78. The number of fused-ring (bicyclic) bond motifs is 1. The van der Waals surface area contributed by atoms with Crippen molar-refractivity contribution in [1.82, 2.24) is 24.8 Å². The first-order valence-corrected chi connectivity index (χ1v) is 9.90. The summed E-state index contributed by atoms with van der Waals surface area (Å²) >= 11 is 6.08. The Bertz CT molecular complexity index is 968. The van der Waals surface area contributed by atoms with Gasteiger partial charge in [0.2, 0.25) is 0 Å². The summed E-state index contributed by atoms with van der Waals surface area (Å²) < 4.78 is 23.2. The molecule has 1 aliphatic heterocycles. The van der Waals surface area contributed by atoms with E-state index in [1.54, 1.807) is 11.5 Å². The Morgan fingerprint density at radius 1 is 1.23 bits per heavy atom. The zero-order valence-electron chi connectivity index (χ0n) is 17.1. The van der Waals surface area contributed by atoms with Crippen molar-refractivity contribution in [2.24, 2.45) is 0 Å². The van der Waals surface area contributed by atoms with Crippen LogP contribution in [-0.2, 0) is 28.5 Å². The van der Waals surface area contributed by atoms with Gasteiger partial charge in [-0.25, -0.2) is 19.7 Å². The monoisotopic (exact) mass is 455 g/mol. The molecule has 0 aromatic carbocycles. The van der Waals surface area contributed by atoms with Crippen LogP contribution in [0.25, 0.3) is 11.2 Å². The second-order valence-corrected chi connectivity index (χ2v) is 7.06. The normalized spacial score (nSPS) is 23.2. The minimum Gasteiger partial charge on any atom is -0.463 e. The van der Waals surface area contributed by atoms with Crippen molar-refractivity contribution >= 4 is 40.8 Å². The van der Waals surface area contributed by atoms with Crippen LogP contribution in [-0.4, -0.2) is 69.0 Å². The van der Waals surface area contributed by atoms with Gasteiger partial charge in [-0.2, -0.15) is 0 Å². The minimum atomic E-state index is -0.925. The number of rotatable bonds is 6. The fraction of sp³-hybridized carbons (Fsp3) is 0.556. The van der Waals surface area contributed by atoms with Crippen LogP contribution in [0.15, 0.2) is 12.7 Å². The van der Waals surface area contributed by atoms with Gasteiger partial charge >= 0.3 is 18.0 Å². The van der Waals surface area contributed by atoms with Crippen molar-refractivity contribution < 1.29 is 33.3 Å². The van der Waals surface area contributed by atoms with E-state index in [4.69, 9.17) is 30.5 Å². The van der Waals surface area contributed by atoms with Gasteiger partial charge in [-0.15, -0.1) is 0 Å². The number of hydrogen-bond donors (Lipinski definition) is 1. The largest absolute Gasteiger partial charge is 0.463 e. The van der Waals surface area contributed by atoms with Crippen molar-refractivity contribution in [1.29, 1.82) is 0 Å². The number of imidazole rings is 1. The molecule has 0 bridgehead atoms. The molecular formula is C18H22ClN5O7. The molecule has 3 rings (SSSR count). The maximum atomic E-state index is 12.1. The van der Waals surface area contributed by atoms with Gasteiger partial charge in [0.25, 0.3) is 0 Å². The maximum Gasteiger partial charge on any atom is 0.407 e. The SMILES string of the molecule is CCOC(=O)N[C@@H]1C[C@H](n2cnc3c(Cl)ncnc32)O[C@H](COC(C)=O)[C@H]1OC(C)=O. The number of alkyl carbamates (subject to hydrolysis) is 1. The van der Waals surface area contributed by atoms with Gasteiger partial charge in [-0.05, 0) is 6.92 Å². The molecule has 0 spiro atoms. The molecule has 12 nitrogen and oxygen atoms in total. The van der Waals surface area contributed by atoms with Crippen LogP contribution in [0.4, 0.5) is 4.79 Å². The van der Waals surface area contributed by atoms with E-state index in [0.29, 0.717) is 11.2 Å². The van der Waals surface area contributed by atoms with Crippen LogP contribution in [0.5, 0.6) is 0 Å². The predicted molar refractivity (Wildman–Crippen MR) is 105 cm³/mol. The highest BCUT2D eigenvalue weighted by Gasteiger charge is 2.43. The van der Waals surface area contributed by atoms with Gasteiger partial charge in [0, 0.05) is 20.3 Å². The Morgan fingerprint density at radius 3 is 2.68 bits per heavy atom. The zero-order valence-corrected chi connectivity index (χ0v) is 17.9. The second kappa shape index (κ2) is 9.88. The fourth-order valence-electron chi connectivity index (χ4n) is 3.31. The van der Waals surface area contributed by atoms with E-state index in [1.807, 2.05) is 0 Å². The number of halogens is 1. The first-order chi connectivity index (χ1) is 14.8. The van der Waals surface area contributed by atoms with Gasteiger partial charge in [-0.1, -0.05) is 11.6 Å². The molecule has 168 valence electrons. The molecule has 2 aromatic rings. The van der Waals surface area contributed by atoms with Crippen molar-refractivity contribution in [3.8, 4) is 0 Å². The standard InChI is InChI=1S/C18H22ClN5O7/c1-4-28-18(27)23-11-5-13(24-8-22-14-16(19)20-7-21-17(14)24)31-12(6-29-9(2)25)15(11)30-10(3)26/h7-8,11-13,15H,4-6H2,1-3H3,(H,23,27)/t11-,12-,13-,15+/m1/s1. The summed E-state index contributed by atoms with van der Waals surface area (Å²) in [7, 11) is 0. The topological polar surface area (TPSA) is 144 Å². The fourth-order valence-corrected chi connectivity index (χ4v) is 3.48. The number of amides is 1. The van der Waals surface area contributed by atoms with Crippen molar-refractivity contribution in [2.75, 3.05) is 13.2 Å². The quantitative estimate of drug-likeness (QED) is 0.385. The summed E-state index contributed by atoms with van der Waals surface area (Å²) in [5.41, 5.74) is 0.790. The number of aromatic nitrogens is 4. The molecule has 0 aliphatic carbocycles. The average Bonchev–Trinajstić information content (AvgIpc) is 3.13. The number of carbonyl (C=O) groups is 3. The van der Waals surface area contributed by atoms with Crippen LogP contribution < -0.4 is 5.32 Å². The number of hydrogen-bond acceptors (Lipinski definition) is 10. The summed E-state index contributed by atoms with van der Waals surface area (Å²) in [4.78, 5) is 47.5. The summed E-state index contributed by atoms with van der Waals surface area (Å²) in [6, 6.07) is -0.711. The highest BCUT2D eigenvalue weighted by Crippen LogP contribution is 2.32. The van der Waals surface area contributed by atoms with E-state index in [2.05, 4.69) is 20.3 Å². The molecule has 2 aromatic heterocycles. The lowest BCUT2D eigenvalue weighted by Crippen LogP contribution is -2.57.